The first-order valence-electron chi connectivity index (χ1n) is 6.24. The number of hydrogen-bond acceptors (Lipinski definition) is 3. The van der Waals surface area contributed by atoms with E-state index in [0.717, 1.165) is 5.56 Å². The highest BCUT2D eigenvalue weighted by atomic mass is 16.2. The number of carbonyl (C=O) groups is 1. The van der Waals surface area contributed by atoms with Crippen molar-refractivity contribution in [3.05, 3.63) is 29.6 Å². The lowest BCUT2D eigenvalue weighted by atomic mass is 10.1. The molecule has 0 fully saturated rings. The Hall–Kier alpha value is -1.42. The van der Waals surface area contributed by atoms with E-state index in [1.165, 1.54) is 5.56 Å². The van der Waals surface area contributed by atoms with E-state index >= 15 is 0 Å². The minimum atomic E-state index is -0.211. The monoisotopic (exact) mass is 249 g/mol. The summed E-state index contributed by atoms with van der Waals surface area (Å²) in [6.07, 6.45) is 3.60. The quantitative estimate of drug-likeness (QED) is 0.855. The summed E-state index contributed by atoms with van der Waals surface area (Å²) in [5, 5.41) is 6.18. The van der Waals surface area contributed by atoms with Crippen molar-refractivity contribution in [1.29, 1.82) is 0 Å². The van der Waals surface area contributed by atoms with Gasteiger partial charge >= 0.3 is 0 Å². The van der Waals surface area contributed by atoms with E-state index in [9.17, 15) is 4.79 Å². The van der Waals surface area contributed by atoms with Crippen LogP contribution in [0.2, 0.25) is 0 Å². The number of hydrogen-bond donors (Lipinski definition) is 2. The minimum Gasteiger partial charge on any atom is -0.350 e. The van der Waals surface area contributed by atoms with Gasteiger partial charge in [-0.15, -0.1) is 0 Å². The van der Waals surface area contributed by atoms with Crippen LogP contribution in [-0.4, -0.2) is 22.5 Å². The third kappa shape index (κ3) is 4.84. The molecule has 0 aliphatic carbocycles. The van der Waals surface area contributed by atoms with Gasteiger partial charge in [-0.2, -0.15) is 0 Å². The van der Waals surface area contributed by atoms with Crippen molar-refractivity contribution in [3.8, 4) is 0 Å². The molecule has 0 aliphatic heterocycles. The van der Waals surface area contributed by atoms with Gasteiger partial charge in [0.2, 0.25) is 5.91 Å². The molecule has 4 heteroatoms. The van der Waals surface area contributed by atoms with Gasteiger partial charge in [-0.25, -0.2) is 0 Å². The number of nitrogens with zero attached hydrogens (tertiary/aromatic N) is 1. The molecule has 1 heterocycles. The molecule has 1 rings (SSSR count). The van der Waals surface area contributed by atoms with Crippen LogP contribution in [0.25, 0.3) is 0 Å². The summed E-state index contributed by atoms with van der Waals surface area (Å²) in [5.74, 6) is 0.0224. The lowest BCUT2D eigenvalue weighted by Crippen LogP contribution is -2.49. The van der Waals surface area contributed by atoms with Crippen LogP contribution in [0.4, 0.5) is 0 Å². The zero-order valence-electron chi connectivity index (χ0n) is 11.9. The zero-order chi connectivity index (χ0) is 13.8. The number of carbonyl (C=O) groups excluding carboxylic acids is 1. The minimum absolute atomic E-state index is 0.0224. The van der Waals surface area contributed by atoms with E-state index in [2.05, 4.69) is 15.6 Å². The SMILES string of the molecule is Cc1cnccc1CNC(C)C(=O)NC(C)(C)C. The molecule has 1 unspecified atom stereocenters. The molecule has 1 atom stereocenters. The second kappa shape index (κ2) is 5.96. The smallest absolute Gasteiger partial charge is 0.237 e. The molecule has 100 valence electrons. The lowest BCUT2D eigenvalue weighted by molar-refractivity contribution is -0.124. The topological polar surface area (TPSA) is 54.0 Å². The highest BCUT2D eigenvalue weighted by molar-refractivity contribution is 5.81. The summed E-state index contributed by atoms with van der Waals surface area (Å²) < 4.78 is 0. The first-order chi connectivity index (χ1) is 8.29. The molecule has 0 spiro atoms. The van der Waals surface area contributed by atoms with Crippen molar-refractivity contribution in [1.82, 2.24) is 15.6 Å². The average Bonchev–Trinajstić information content (AvgIpc) is 2.25. The van der Waals surface area contributed by atoms with Crippen LogP contribution in [0.15, 0.2) is 18.5 Å². The molecule has 18 heavy (non-hydrogen) atoms. The Morgan fingerprint density at radius 3 is 2.67 bits per heavy atom. The van der Waals surface area contributed by atoms with E-state index < -0.39 is 0 Å². The van der Waals surface area contributed by atoms with Gasteiger partial charge < -0.3 is 10.6 Å². The van der Waals surface area contributed by atoms with Crippen molar-refractivity contribution < 1.29 is 4.79 Å². The predicted octanol–water partition coefficient (Wildman–Crippen LogP) is 1.78. The van der Waals surface area contributed by atoms with Crippen molar-refractivity contribution in [2.75, 3.05) is 0 Å². The molecule has 0 saturated heterocycles. The Kier molecular flexibility index (Phi) is 4.84. The van der Waals surface area contributed by atoms with Crippen LogP contribution < -0.4 is 10.6 Å². The molecule has 0 bridgehead atoms. The van der Waals surface area contributed by atoms with Crippen LogP contribution >= 0.6 is 0 Å². The predicted molar refractivity (Wildman–Crippen MR) is 73.2 cm³/mol. The van der Waals surface area contributed by atoms with Crippen molar-refractivity contribution in [2.45, 2.75) is 52.7 Å². The third-order valence-corrected chi connectivity index (χ3v) is 2.63. The van der Waals surface area contributed by atoms with Gasteiger partial charge in [0.15, 0.2) is 0 Å². The fraction of sp³-hybridized carbons (Fsp3) is 0.571. The molecule has 4 nitrogen and oxygen atoms in total. The Balaban J connectivity index is 2.49. The summed E-state index contributed by atoms with van der Waals surface area (Å²) in [7, 11) is 0. The highest BCUT2D eigenvalue weighted by Crippen LogP contribution is 2.05. The average molecular weight is 249 g/mol. The molecule has 0 aliphatic rings. The Morgan fingerprint density at radius 1 is 1.44 bits per heavy atom. The van der Waals surface area contributed by atoms with Gasteiger partial charge in [-0.1, -0.05) is 0 Å². The number of rotatable bonds is 4. The van der Waals surface area contributed by atoms with Crippen LogP contribution in [-0.2, 0) is 11.3 Å². The third-order valence-electron chi connectivity index (χ3n) is 2.63. The first kappa shape index (κ1) is 14.6. The van der Waals surface area contributed by atoms with Gasteiger partial charge in [-0.3, -0.25) is 9.78 Å². The summed E-state index contributed by atoms with van der Waals surface area (Å²) >= 11 is 0. The van der Waals surface area contributed by atoms with Gasteiger partial charge in [0.25, 0.3) is 0 Å². The summed E-state index contributed by atoms with van der Waals surface area (Å²) in [6, 6.07) is 1.76. The Morgan fingerprint density at radius 2 is 2.11 bits per heavy atom. The largest absolute Gasteiger partial charge is 0.350 e. The van der Waals surface area contributed by atoms with Crippen LogP contribution in [0.1, 0.15) is 38.8 Å². The summed E-state index contributed by atoms with van der Waals surface area (Å²) in [4.78, 5) is 15.9. The Bertz CT molecular complexity index is 410. The fourth-order valence-electron chi connectivity index (χ4n) is 1.53. The highest BCUT2D eigenvalue weighted by Gasteiger charge is 2.18. The maximum atomic E-state index is 11.9. The van der Waals surface area contributed by atoms with E-state index in [-0.39, 0.29) is 17.5 Å². The molecular formula is C14H23N3O. The molecule has 0 saturated carbocycles. The van der Waals surface area contributed by atoms with Crippen molar-refractivity contribution in [2.24, 2.45) is 0 Å². The number of aryl methyl sites for hydroxylation is 1. The number of pyridine rings is 1. The maximum absolute atomic E-state index is 11.9. The summed E-state index contributed by atoms with van der Waals surface area (Å²) in [6.45, 7) is 10.5. The van der Waals surface area contributed by atoms with E-state index in [1.54, 1.807) is 6.20 Å². The zero-order valence-corrected chi connectivity index (χ0v) is 11.9. The number of aromatic nitrogens is 1. The molecule has 0 radical (unpaired) electrons. The Labute approximate surface area is 109 Å². The standard InChI is InChI=1S/C14H23N3O/c1-10-8-15-7-6-12(10)9-16-11(2)13(18)17-14(3,4)5/h6-8,11,16H,9H2,1-5H3,(H,17,18). The van der Waals surface area contributed by atoms with Gasteiger partial charge in [-0.05, 0) is 51.8 Å². The first-order valence-corrected chi connectivity index (χ1v) is 6.24. The molecule has 1 amide bonds. The second-order valence-corrected chi connectivity index (χ2v) is 5.64. The van der Waals surface area contributed by atoms with Crippen LogP contribution in [0.3, 0.4) is 0 Å². The van der Waals surface area contributed by atoms with E-state index in [4.69, 9.17) is 0 Å². The maximum Gasteiger partial charge on any atom is 0.237 e. The van der Waals surface area contributed by atoms with E-state index in [1.807, 2.05) is 46.9 Å². The molecule has 1 aromatic heterocycles. The van der Waals surface area contributed by atoms with Crippen LogP contribution in [0.5, 0.6) is 0 Å². The van der Waals surface area contributed by atoms with Gasteiger partial charge in [0, 0.05) is 24.5 Å². The normalized spacial score (nSPS) is 13.2. The van der Waals surface area contributed by atoms with E-state index in [0.29, 0.717) is 6.54 Å². The second-order valence-electron chi connectivity index (χ2n) is 5.64. The van der Waals surface area contributed by atoms with Gasteiger partial charge in [0.1, 0.15) is 0 Å². The lowest BCUT2D eigenvalue weighted by Gasteiger charge is -2.23. The molecule has 0 aromatic carbocycles. The summed E-state index contributed by atoms with van der Waals surface area (Å²) in [5.41, 5.74) is 2.11. The number of amides is 1. The van der Waals surface area contributed by atoms with Crippen molar-refractivity contribution >= 4 is 5.91 Å². The molecule has 1 aromatic rings. The van der Waals surface area contributed by atoms with Crippen LogP contribution in [0, 0.1) is 6.92 Å². The van der Waals surface area contributed by atoms with Crippen molar-refractivity contribution in [3.63, 3.8) is 0 Å². The number of nitrogens with one attached hydrogen (secondary N) is 2. The molecule has 2 N–H and O–H groups in total. The fourth-order valence-corrected chi connectivity index (χ4v) is 1.53. The van der Waals surface area contributed by atoms with Gasteiger partial charge in [0.05, 0.1) is 6.04 Å². The molecular weight excluding hydrogens is 226 g/mol.